The lowest BCUT2D eigenvalue weighted by Gasteiger charge is -2.32. The zero-order valence-electron chi connectivity index (χ0n) is 13.6. The molecule has 1 aliphatic heterocycles. The summed E-state index contributed by atoms with van der Waals surface area (Å²) in [6, 6.07) is 8.49. The molecule has 1 heterocycles. The summed E-state index contributed by atoms with van der Waals surface area (Å²) in [7, 11) is 0. The number of carbonyl (C=O) groups is 1. The summed E-state index contributed by atoms with van der Waals surface area (Å²) >= 11 is 0. The molecule has 0 N–H and O–H groups in total. The van der Waals surface area contributed by atoms with Crippen molar-refractivity contribution in [2.24, 2.45) is 11.8 Å². The van der Waals surface area contributed by atoms with Gasteiger partial charge < -0.3 is 9.64 Å². The molecular weight excluding hydrogens is 274 g/mol. The van der Waals surface area contributed by atoms with Crippen LogP contribution >= 0.6 is 0 Å². The first-order chi connectivity index (χ1) is 10.8. The van der Waals surface area contributed by atoms with E-state index in [2.05, 4.69) is 29.2 Å². The van der Waals surface area contributed by atoms with Crippen molar-refractivity contribution in [2.45, 2.75) is 45.4 Å². The van der Waals surface area contributed by atoms with Gasteiger partial charge in [-0.15, -0.1) is 0 Å². The molecule has 3 rings (SSSR count). The maximum Gasteiger partial charge on any atom is 0.225 e. The Hall–Kier alpha value is -1.51. The second kappa shape index (κ2) is 7.17. The Labute approximate surface area is 133 Å². The summed E-state index contributed by atoms with van der Waals surface area (Å²) < 4.78 is 5.48. The number of ether oxygens (including phenoxy) is 1. The summed E-state index contributed by atoms with van der Waals surface area (Å²) in [5.41, 5.74) is 1.39. The number of benzene rings is 1. The van der Waals surface area contributed by atoms with Crippen LogP contribution in [0.1, 0.15) is 44.6 Å². The molecule has 0 aromatic heterocycles. The molecule has 0 spiro atoms. The van der Waals surface area contributed by atoms with Crippen molar-refractivity contribution >= 4 is 5.91 Å². The summed E-state index contributed by atoms with van der Waals surface area (Å²) in [5, 5.41) is 0. The van der Waals surface area contributed by atoms with E-state index in [0.29, 0.717) is 11.8 Å². The van der Waals surface area contributed by atoms with Crippen molar-refractivity contribution in [3.05, 3.63) is 29.8 Å². The molecule has 0 atom stereocenters. The highest BCUT2D eigenvalue weighted by atomic mass is 16.5. The standard InChI is InChI=1S/C19H27NO2/c1-2-22-18-9-5-15(6-10-18)3-4-16-11-13-20(14-12-16)19(21)17-7-8-17/h5-6,9-10,16-17H,2-4,7-8,11-14H2,1H3. The van der Waals surface area contributed by atoms with Crippen LogP contribution in [-0.4, -0.2) is 30.5 Å². The van der Waals surface area contributed by atoms with Gasteiger partial charge in [0, 0.05) is 19.0 Å². The fraction of sp³-hybridized carbons (Fsp3) is 0.632. The number of aryl methyl sites for hydroxylation is 1. The third-order valence-corrected chi connectivity index (χ3v) is 4.93. The molecule has 1 aromatic carbocycles. The van der Waals surface area contributed by atoms with Gasteiger partial charge in [0.1, 0.15) is 5.75 Å². The minimum Gasteiger partial charge on any atom is -0.494 e. The van der Waals surface area contributed by atoms with Crippen molar-refractivity contribution in [2.75, 3.05) is 19.7 Å². The zero-order valence-corrected chi connectivity index (χ0v) is 13.6. The molecule has 0 unspecified atom stereocenters. The van der Waals surface area contributed by atoms with E-state index in [1.54, 1.807) is 0 Å². The maximum atomic E-state index is 12.0. The highest BCUT2D eigenvalue weighted by molar-refractivity contribution is 5.81. The molecule has 3 nitrogen and oxygen atoms in total. The number of rotatable bonds is 6. The second-order valence-electron chi connectivity index (χ2n) is 6.66. The molecule has 1 amide bonds. The summed E-state index contributed by atoms with van der Waals surface area (Å²) in [6.07, 6.45) is 6.96. The van der Waals surface area contributed by atoms with Crippen molar-refractivity contribution in [3.8, 4) is 5.75 Å². The SMILES string of the molecule is CCOc1ccc(CCC2CCN(C(=O)C3CC3)CC2)cc1. The van der Waals surface area contributed by atoms with E-state index >= 15 is 0 Å². The number of amides is 1. The first kappa shape index (κ1) is 15.4. The van der Waals surface area contributed by atoms with E-state index in [1.807, 2.05) is 6.92 Å². The normalized spacial score (nSPS) is 19.2. The third-order valence-electron chi connectivity index (χ3n) is 4.93. The number of nitrogens with zero attached hydrogens (tertiary/aromatic N) is 1. The second-order valence-corrected chi connectivity index (χ2v) is 6.66. The van der Waals surface area contributed by atoms with Crippen molar-refractivity contribution in [3.63, 3.8) is 0 Å². The summed E-state index contributed by atoms with van der Waals surface area (Å²) in [4.78, 5) is 14.1. The Morgan fingerprint density at radius 3 is 2.41 bits per heavy atom. The predicted octanol–water partition coefficient (Wildman–Crippen LogP) is 3.67. The van der Waals surface area contributed by atoms with Crippen LogP contribution < -0.4 is 4.74 Å². The number of hydrogen-bond acceptors (Lipinski definition) is 2. The van der Waals surface area contributed by atoms with Crippen LogP contribution in [0, 0.1) is 11.8 Å². The van der Waals surface area contributed by atoms with Gasteiger partial charge >= 0.3 is 0 Å². The lowest BCUT2D eigenvalue weighted by Crippen LogP contribution is -2.39. The van der Waals surface area contributed by atoms with Gasteiger partial charge in [-0.05, 0) is 69.1 Å². The molecule has 2 aliphatic rings. The molecule has 120 valence electrons. The zero-order chi connectivity index (χ0) is 15.4. The van der Waals surface area contributed by atoms with Gasteiger partial charge in [-0.1, -0.05) is 12.1 Å². The van der Waals surface area contributed by atoms with E-state index in [-0.39, 0.29) is 0 Å². The van der Waals surface area contributed by atoms with Crippen LogP contribution in [0.5, 0.6) is 5.75 Å². The quantitative estimate of drug-likeness (QED) is 0.802. The number of hydrogen-bond donors (Lipinski definition) is 0. The van der Waals surface area contributed by atoms with E-state index in [0.717, 1.165) is 50.6 Å². The van der Waals surface area contributed by atoms with Crippen LogP contribution in [0.4, 0.5) is 0 Å². The molecular formula is C19H27NO2. The Morgan fingerprint density at radius 1 is 1.14 bits per heavy atom. The van der Waals surface area contributed by atoms with Gasteiger partial charge in [0.15, 0.2) is 0 Å². The smallest absolute Gasteiger partial charge is 0.225 e. The molecule has 0 bridgehead atoms. The van der Waals surface area contributed by atoms with E-state index < -0.39 is 0 Å². The molecule has 1 saturated carbocycles. The molecule has 1 aromatic rings. The van der Waals surface area contributed by atoms with Gasteiger partial charge in [-0.3, -0.25) is 4.79 Å². The molecule has 0 radical (unpaired) electrons. The molecule has 3 heteroatoms. The maximum absolute atomic E-state index is 12.0. The third kappa shape index (κ3) is 4.02. The van der Waals surface area contributed by atoms with Crippen LogP contribution in [-0.2, 0) is 11.2 Å². The number of piperidine rings is 1. The number of likely N-dealkylation sites (tertiary alicyclic amines) is 1. The van der Waals surface area contributed by atoms with Gasteiger partial charge in [0.2, 0.25) is 5.91 Å². The predicted molar refractivity (Wildman–Crippen MR) is 88.0 cm³/mol. The van der Waals surface area contributed by atoms with Gasteiger partial charge in [-0.2, -0.15) is 0 Å². The summed E-state index contributed by atoms with van der Waals surface area (Å²) in [5.74, 6) is 2.53. The highest BCUT2D eigenvalue weighted by Gasteiger charge is 2.34. The first-order valence-corrected chi connectivity index (χ1v) is 8.76. The largest absolute Gasteiger partial charge is 0.494 e. The molecule has 2 fully saturated rings. The van der Waals surface area contributed by atoms with E-state index in [9.17, 15) is 4.79 Å². The fourth-order valence-electron chi connectivity index (χ4n) is 3.32. The lowest BCUT2D eigenvalue weighted by molar-refractivity contribution is -0.133. The topological polar surface area (TPSA) is 29.5 Å². The van der Waals surface area contributed by atoms with Crippen molar-refractivity contribution in [1.82, 2.24) is 4.90 Å². The average Bonchev–Trinajstić information content (AvgIpc) is 3.39. The van der Waals surface area contributed by atoms with Crippen LogP contribution in [0.3, 0.4) is 0 Å². The van der Waals surface area contributed by atoms with Crippen LogP contribution in [0.25, 0.3) is 0 Å². The average molecular weight is 301 g/mol. The molecule has 1 saturated heterocycles. The minimum absolute atomic E-state index is 0.375. The van der Waals surface area contributed by atoms with Crippen LogP contribution in [0.15, 0.2) is 24.3 Å². The van der Waals surface area contributed by atoms with Gasteiger partial charge in [0.05, 0.1) is 6.61 Å². The summed E-state index contributed by atoms with van der Waals surface area (Å²) in [6.45, 7) is 4.68. The Kier molecular flexibility index (Phi) is 5.01. The Morgan fingerprint density at radius 2 is 1.82 bits per heavy atom. The lowest BCUT2D eigenvalue weighted by atomic mass is 9.90. The molecule has 22 heavy (non-hydrogen) atoms. The van der Waals surface area contributed by atoms with Crippen LogP contribution in [0.2, 0.25) is 0 Å². The van der Waals surface area contributed by atoms with Crippen molar-refractivity contribution in [1.29, 1.82) is 0 Å². The van der Waals surface area contributed by atoms with Gasteiger partial charge in [-0.25, -0.2) is 0 Å². The first-order valence-electron chi connectivity index (χ1n) is 8.76. The Bertz CT molecular complexity index is 485. The van der Waals surface area contributed by atoms with E-state index in [4.69, 9.17) is 4.74 Å². The number of carbonyl (C=O) groups excluding carboxylic acids is 1. The minimum atomic E-state index is 0.375. The fourth-order valence-corrected chi connectivity index (χ4v) is 3.32. The van der Waals surface area contributed by atoms with Crippen molar-refractivity contribution < 1.29 is 9.53 Å². The Balaban J connectivity index is 1.40. The monoisotopic (exact) mass is 301 g/mol. The van der Waals surface area contributed by atoms with E-state index in [1.165, 1.54) is 24.8 Å². The highest BCUT2D eigenvalue weighted by Crippen LogP contribution is 2.33. The molecule has 1 aliphatic carbocycles. The van der Waals surface area contributed by atoms with Gasteiger partial charge in [0.25, 0.3) is 0 Å².